The second kappa shape index (κ2) is 9.85. The van der Waals surface area contributed by atoms with E-state index in [4.69, 9.17) is 21.1 Å². The number of rotatable bonds is 8. The molecule has 3 rings (SSSR count). The Morgan fingerprint density at radius 2 is 1.72 bits per heavy atom. The molecule has 0 aliphatic carbocycles. The number of hydrogen-bond donors (Lipinski definition) is 2. The number of para-hydroxylation sites is 1. The Morgan fingerprint density at radius 3 is 2.41 bits per heavy atom. The average Bonchev–Trinajstić information content (AvgIpc) is 2.73. The van der Waals surface area contributed by atoms with Gasteiger partial charge in [0.25, 0.3) is 5.91 Å². The molecule has 0 unspecified atom stereocenters. The molecule has 29 heavy (non-hydrogen) atoms. The second-order valence-corrected chi connectivity index (χ2v) is 6.94. The van der Waals surface area contributed by atoms with Crippen molar-refractivity contribution in [2.45, 2.75) is 13.5 Å². The summed E-state index contributed by atoms with van der Waals surface area (Å²) in [6, 6.07) is 21.1. The Bertz CT molecular complexity index is 960. The first-order chi connectivity index (χ1) is 14.0. The van der Waals surface area contributed by atoms with Crippen LogP contribution in [0, 0.1) is 6.92 Å². The van der Waals surface area contributed by atoms with Gasteiger partial charge in [0, 0.05) is 17.9 Å². The summed E-state index contributed by atoms with van der Waals surface area (Å²) < 4.78 is 11.1. The molecule has 0 heterocycles. The number of carbonyl (C=O) groups excluding carboxylic acids is 1. The van der Waals surface area contributed by atoms with Crippen LogP contribution in [0.5, 0.6) is 11.5 Å². The van der Waals surface area contributed by atoms with Crippen molar-refractivity contribution in [3.8, 4) is 11.5 Å². The van der Waals surface area contributed by atoms with E-state index in [1.165, 1.54) is 0 Å². The van der Waals surface area contributed by atoms with Crippen LogP contribution >= 0.6 is 11.6 Å². The van der Waals surface area contributed by atoms with Crippen LogP contribution in [-0.2, 0) is 11.3 Å². The van der Waals surface area contributed by atoms with Crippen molar-refractivity contribution >= 4 is 28.9 Å². The monoisotopic (exact) mass is 410 g/mol. The van der Waals surface area contributed by atoms with Gasteiger partial charge in [-0.05, 0) is 48.9 Å². The maximum atomic E-state index is 12.2. The van der Waals surface area contributed by atoms with Crippen molar-refractivity contribution in [2.24, 2.45) is 0 Å². The molecule has 0 spiro atoms. The summed E-state index contributed by atoms with van der Waals surface area (Å²) in [6.07, 6.45) is 0. The van der Waals surface area contributed by atoms with E-state index in [1.807, 2.05) is 67.6 Å². The third-order valence-electron chi connectivity index (χ3n) is 4.24. The molecule has 6 heteroatoms. The molecule has 0 bridgehead atoms. The predicted molar refractivity (Wildman–Crippen MR) is 117 cm³/mol. The molecule has 0 radical (unpaired) electrons. The van der Waals surface area contributed by atoms with Gasteiger partial charge in [0.05, 0.1) is 12.1 Å². The van der Waals surface area contributed by atoms with E-state index < -0.39 is 0 Å². The molecule has 1 amide bonds. The summed E-state index contributed by atoms with van der Waals surface area (Å²) in [5, 5.41) is 6.50. The summed E-state index contributed by atoms with van der Waals surface area (Å²) in [4.78, 5) is 12.2. The first-order valence-corrected chi connectivity index (χ1v) is 9.57. The van der Waals surface area contributed by atoms with E-state index in [9.17, 15) is 4.79 Å². The van der Waals surface area contributed by atoms with Gasteiger partial charge < -0.3 is 20.1 Å². The molecule has 0 aromatic heterocycles. The van der Waals surface area contributed by atoms with Crippen LogP contribution in [0.1, 0.15) is 11.1 Å². The summed E-state index contributed by atoms with van der Waals surface area (Å²) >= 11 is 6.39. The molecule has 0 saturated heterocycles. The summed E-state index contributed by atoms with van der Waals surface area (Å²) in [5.74, 6) is 0.545. The van der Waals surface area contributed by atoms with E-state index in [2.05, 4.69) is 10.6 Å². The van der Waals surface area contributed by atoms with E-state index in [0.29, 0.717) is 28.8 Å². The Hall–Kier alpha value is -3.18. The van der Waals surface area contributed by atoms with Crippen molar-refractivity contribution < 1.29 is 14.3 Å². The minimum Gasteiger partial charge on any atom is -0.493 e. The van der Waals surface area contributed by atoms with E-state index in [0.717, 1.165) is 16.8 Å². The number of methoxy groups -OCH3 is 1. The molecule has 0 aliphatic heterocycles. The van der Waals surface area contributed by atoms with E-state index in [-0.39, 0.29) is 12.5 Å². The number of halogens is 1. The third kappa shape index (κ3) is 5.90. The van der Waals surface area contributed by atoms with Crippen LogP contribution in [0.3, 0.4) is 0 Å². The molecule has 0 saturated carbocycles. The smallest absolute Gasteiger partial charge is 0.262 e. The highest BCUT2D eigenvalue weighted by Gasteiger charge is 2.14. The summed E-state index contributed by atoms with van der Waals surface area (Å²) in [5.41, 5.74) is 3.78. The van der Waals surface area contributed by atoms with Crippen LogP contribution in [0.2, 0.25) is 5.02 Å². The maximum Gasteiger partial charge on any atom is 0.262 e. The highest BCUT2D eigenvalue weighted by atomic mass is 35.5. The zero-order valence-corrected chi connectivity index (χ0v) is 17.1. The zero-order valence-electron chi connectivity index (χ0n) is 16.4. The summed E-state index contributed by atoms with van der Waals surface area (Å²) in [7, 11) is 1.54. The lowest BCUT2D eigenvalue weighted by atomic mass is 10.2. The van der Waals surface area contributed by atoms with Gasteiger partial charge in [0.1, 0.15) is 0 Å². The molecule has 0 atom stereocenters. The fourth-order valence-corrected chi connectivity index (χ4v) is 3.04. The fourth-order valence-electron chi connectivity index (χ4n) is 2.75. The lowest BCUT2D eigenvalue weighted by Gasteiger charge is -2.15. The lowest BCUT2D eigenvalue weighted by Crippen LogP contribution is -2.20. The van der Waals surface area contributed by atoms with Gasteiger partial charge in [-0.2, -0.15) is 0 Å². The van der Waals surface area contributed by atoms with Crippen LogP contribution in [-0.4, -0.2) is 19.6 Å². The van der Waals surface area contributed by atoms with Gasteiger partial charge in [-0.1, -0.05) is 47.5 Å². The zero-order chi connectivity index (χ0) is 20.6. The number of anilines is 2. The minimum atomic E-state index is -0.276. The molecular weight excluding hydrogens is 388 g/mol. The largest absolute Gasteiger partial charge is 0.493 e. The van der Waals surface area contributed by atoms with Crippen molar-refractivity contribution in [3.63, 3.8) is 0 Å². The Kier molecular flexibility index (Phi) is 6.98. The standard InChI is InChI=1S/C23H23ClN2O3/c1-16-8-10-19(11-9-16)26-22(27)15-29-23-20(24)12-17(13-21(23)28-2)14-25-18-6-4-3-5-7-18/h3-13,25H,14-15H2,1-2H3,(H,26,27). The highest BCUT2D eigenvalue weighted by Crippen LogP contribution is 2.36. The first kappa shape index (κ1) is 20.6. The maximum absolute atomic E-state index is 12.2. The van der Waals surface area contributed by atoms with E-state index >= 15 is 0 Å². The number of nitrogens with one attached hydrogen (secondary N) is 2. The Balaban J connectivity index is 1.62. The van der Waals surface area contributed by atoms with Crippen LogP contribution in [0.15, 0.2) is 66.7 Å². The molecule has 3 aromatic carbocycles. The van der Waals surface area contributed by atoms with Crippen LogP contribution in [0.4, 0.5) is 11.4 Å². The molecule has 2 N–H and O–H groups in total. The van der Waals surface area contributed by atoms with Crippen molar-refractivity contribution in [1.82, 2.24) is 0 Å². The molecule has 150 valence electrons. The van der Waals surface area contributed by atoms with Crippen molar-refractivity contribution in [1.29, 1.82) is 0 Å². The van der Waals surface area contributed by atoms with Gasteiger partial charge in [-0.15, -0.1) is 0 Å². The second-order valence-electron chi connectivity index (χ2n) is 6.53. The van der Waals surface area contributed by atoms with Gasteiger partial charge in [0.2, 0.25) is 0 Å². The number of carbonyl (C=O) groups is 1. The van der Waals surface area contributed by atoms with Crippen molar-refractivity contribution in [2.75, 3.05) is 24.4 Å². The predicted octanol–water partition coefficient (Wildman–Crippen LogP) is 5.29. The number of amides is 1. The number of ether oxygens (including phenoxy) is 2. The van der Waals surface area contributed by atoms with Crippen molar-refractivity contribution in [3.05, 3.63) is 82.9 Å². The van der Waals surface area contributed by atoms with Gasteiger partial charge in [0.15, 0.2) is 18.1 Å². The van der Waals surface area contributed by atoms with Gasteiger partial charge >= 0.3 is 0 Å². The first-order valence-electron chi connectivity index (χ1n) is 9.20. The molecular formula is C23H23ClN2O3. The number of benzene rings is 3. The van der Waals surface area contributed by atoms with Gasteiger partial charge in [-0.3, -0.25) is 4.79 Å². The SMILES string of the molecule is COc1cc(CNc2ccccc2)cc(Cl)c1OCC(=O)Nc1ccc(C)cc1. The molecule has 0 fully saturated rings. The third-order valence-corrected chi connectivity index (χ3v) is 4.52. The lowest BCUT2D eigenvalue weighted by molar-refractivity contribution is -0.118. The molecule has 3 aromatic rings. The quantitative estimate of drug-likeness (QED) is 0.530. The molecule has 0 aliphatic rings. The van der Waals surface area contributed by atoms with Crippen LogP contribution < -0.4 is 20.1 Å². The number of aryl methyl sites for hydroxylation is 1. The Morgan fingerprint density at radius 1 is 1.00 bits per heavy atom. The number of hydrogen-bond acceptors (Lipinski definition) is 4. The Labute approximate surface area is 175 Å². The minimum absolute atomic E-state index is 0.175. The topological polar surface area (TPSA) is 59.6 Å². The van der Waals surface area contributed by atoms with E-state index in [1.54, 1.807) is 13.2 Å². The molecule has 5 nitrogen and oxygen atoms in total. The average molecular weight is 411 g/mol. The van der Waals surface area contributed by atoms with Gasteiger partial charge in [-0.25, -0.2) is 0 Å². The fraction of sp³-hybridized carbons (Fsp3) is 0.174. The summed E-state index contributed by atoms with van der Waals surface area (Å²) in [6.45, 7) is 2.39. The normalized spacial score (nSPS) is 10.3. The van der Waals surface area contributed by atoms with Crippen LogP contribution in [0.25, 0.3) is 0 Å². The highest BCUT2D eigenvalue weighted by molar-refractivity contribution is 6.32.